The molecule has 0 saturated carbocycles. The van der Waals surface area contributed by atoms with E-state index in [0.29, 0.717) is 12.1 Å². The molecular formula is C12H15NO2. The minimum atomic E-state index is -0.154. The summed E-state index contributed by atoms with van der Waals surface area (Å²) in [6, 6.07) is 3.34. The van der Waals surface area contributed by atoms with Crippen molar-refractivity contribution < 1.29 is 9.90 Å². The topological polar surface area (TPSA) is 49.3 Å². The minimum Gasteiger partial charge on any atom is -0.508 e. The molecule has 1 aromatic rings. The van der Waals surface area contributed by atoms with E-state index in [1.54, 1.807) is 18.2 Å². The summed E-state index contributed by atoms with van der Waals surface area (Å²) in [6.07, 6.45) is 2.31. The molecular weight excluding hydrogens is 190 g/mol. The van der Waals surface area contributed by atoms with E-state index in [9.17, 15) is 9.90 Å². The Morgan fingerprint density at radius 3 is 2.73 bits per heavy atom. The van der Waals surface area contributed by atoms with Gasteiger partial charge in [-0.25, -0.2) is 0 Å². The van der Waals surface area contributed by atoms with Gasteiger partial charge in [0.1, 0.15) is 5.75 Å². The summed E-state index contributed by atoms with van der Waals surface area (Å²) in [4.78, 5) is 11.0. The van der Waals surface area contributed by atoms with Crippen LogP contribution in [0.5, 0.6) is 5.75 Å². The van der Waals surface area contributed by atoms with Gasteiger partial charge in [0.25, 0.3) is 0 Å². The highest BCUT2D eigenvalue weighted by Crippen LogP contribution is 2.30. The van der Waals surface area contributed by atoms with Crippen molar-refractivity contribution in [3.8, 4) is 5.75 Å². The summed E-state index contributed by atoms with van der Waals surface area (Å²) in [6.45, 7) is 7.04. The first kappa shape index (κ1) is 11.3. The van der Waals surface area contributed by atoms with Crippen LogP contribution >= 0.6 is 0 Å². The maximum atomic E-state index is 11.0. The maximum Gasteiger partial charge on any atom is 0.221 e. The third-order valence-electron chi connectivity index (χ3n) is 2.19. The minimum absolute atomic E-state index is 0.154. The van der Waals surface area contributed by atoms with E-state index in [1.165, 1.54) is 6.92 Å². The molecule has 3 heteroatoms. The van der Waals surface area contributed by atoms with Crippen molar-refractivity contribution in [3.63, 3.8) is 0 Å². The van der Waals surface area contributed by atoms with Crippen molar-refractivity contribution in [1.29, 1.82) is 0 Å². The van der Waals surface area contributed by atoms with Gasteiger partial charge in [-0.3, -0.25) is 4.79 Å². The van der Waals surface area contributed by atoms with Crippen molar-refractivity contribution in [2.24, 2.45) is 0 Å². The molecule has 0 aliphatic heterocycles. The van der Waals surface area contributed by atoms with E-state index in [4.69, 9.17) is 0 Å². The Balaban J connectivity index is 3.33. The van der Waals surface area contributed by atoms with Crippen LogP contribution in [0.3, 0.4) is 0 Å². The molecule has 3 nitrogen and oxygen atoms in total. The van der Waals surface area contributed by atoms with Crippen LogP contribution in [0.1, 0.15) is 25.0 Å². The zero-order chi connectivity index (χ0) is 11.4. The number of hydrogen-bond acceptors (Lipinski definition) is 2. The lowest BCUT2D eigenvalue weighted by Gasteiger charge is -2.13. The number of phenolic OH excluding ortho intramolecular Hbond substituents is 1. The highest BCUT2D eigenvalue weighted by atomic mass is 16.3. The number of amides is 1. The van der Waals surface area contributed by atoms with Crippen LogP contribution in [-0.4, -0.2) is 11.0 Å². The number of aromatic hydroxyl groups is 1. The zero-order valence-electron chi connectivity index (χ0n) is 9.00. The van der Waals surface area contributed by atoms with Gasteiger partial charge in [-0.2, -0.15) is 0 Å². The first-order valence-electron chi connectivity index (χ1n) is 4.85. The van der Waals surface area contributed by atoms with Gasteiger partial charge in [-0.15, -0.1) is 0 Å². The number of benzene rings is 1. The van der Waals surface area contributed by atoms with Crippen LogP contribution in [0, 0.1) is 0 Å². The molecule has 0 saturated heterocycles. The van der Waals surface area contributed by atoms with Crippen LogP contribution in [0.2, 0.25) is 0 Å². The zero-order valence-corrected chi connectivity index (χ0v) is 9.00. The molecule has 80 valence electrons. The molecule has 1 amide bonds. The standard InChI is InChI=1S/C12H15NO2/c1-4-9-6-7-11(15)10(5-2)12(9)13-8(3)14/h4,6-7,15H,1,5H2,2-3H3,(H,13,14). The first-order valence-corrected chi connectivity index (χ1v) is 4.85. The Morgan fingerprint density at radius 2 is 2.27 bits per heavy atom. The summed E-state index contributed by atoms with van der Waals surface area (Å²) < 4.78 is 0. The normalized spacial score (nSPS) is 9.73. The van der Waals surface area contributed by atoms with Crippen LogP contribution in [0.15, 0.2) is 18.7 Å². The van der Waals surface area contributed by atoms with Gasteiger partial charge in [0, 0.05) is 12.5 Å². The van der Waals surface area contributed by atoms with E-state index in [-0.39, 0.29) is 11.7 Å². The SMILES string of the molecule is C=Cc1ccc(O)c(CC)c1NC(C)=O. The molecule has 0 radical (unpaired) electrons. The number of rotatable bonds is 3. The Kier molecular flexibility index (Phi) is 3.50. The second-order valence-electron chi connectivity index (χ2n) is 3.27. The summed E-state index contributed by atoms with van der Waals surface area (Å²) in [5.41, 5.74) is 2.21. The van der Waals surface area contributed by atoms with Crippen LogP contribution in [0.25, 0.3) is 6.08 Å². The molecule has 0 atom stereocenters. The molecule has 0 bridgehead atoms. The van der Waals surface area contributed by atoms with E-state index < -0.39 is 0 Å². The average molecular weight is 205 g/mol. The summed E-state index contributed by atoms with van der Waals surface area (Å²) >= 11 is 0. The highest BCUT2D eigenvalue weighted by Gasteiger charge is 2.10. The van der Waals surface area contributed by atoms with Crippen LogP contribution < -0.4 is 5.32 Å². The summed E-state index contributed by atoms with van der Waals surface area (Å²) in [5, 5.41) is 12.4. The van der Waals surface area contributed by atoms with Crippen molar-refractivity contribution in [1.82, 2.24) is 0 Å². The lowest BCUT2D eigenvalue weighted by Crippen LogP contribution is -2.09. The quantitative estimate of drug-likeness (QED) is 0.796. The Bertz CT molecular complexity index is 397. The molecule has 0 aliphatic carbocycles. The van der Waals surface area contributed by atoms with Crippen LogP contribution in [0.4, 0.5) is 5.69 Å². The molecule has 0 unspecified atom stereocenters. The third-order valence-corrected chi connectivity index (χ3v) is 2.19. The Morgan fingerprint density at radius 1 is 1.60 bits per heavy atom. The van der Waals surface area contributed by atoms with E-state index in [0.717, 1.165) is 11.1 Å². The van der Waals surface area contributed by atoms with Crippen molar-refractivity contribution in [2.45, 2.75) is 20.3 Å². The van der Waals surface area contributed by atoms with Crippen molar-refractivity contribution >= 4 is 17.7 Å². The van der Waals surface area contributed by atoms with E-state index in [1.807, 2.05) is 6.92 Å². The number of carbonyl (C=O) groups excluding carboxylic acids is 1. The monoisotopic (exact) mass is 205 g/mol. The molecule has 1 aromatic carbocycles. The van der Waals surface area contributed by atoms with Crippen LogP contribution in [-0.2, 0) is 11.2 Å². The predicted octanol–water partition coefficient (Wildman–Crippen LogP) is 2.56. The molecule has 2 N–H and O–H groups in total. The number of anilines is 1. The van der Waals surface area contributed by atoms with Gasteiger partial charge >= 0.3 is 0 Å². The summed E-state index contributed by atoms with van der Waals surface area (Å²) in [5.74, 6) is 0.0465. The van der Waals surface area contributed by atoms with Gasteiger partial charge in [-0.1, -0.05) is 19.6 Å². The summed E-state index contributed by atoms with van der Waals surface area (Å²) in [7, 11) is 0. The maximum absolute atomic E-state index is 11.0. The highest BCUT2D eigenvalue weighted by molar-refractivity contribution is 5.92. The van der Waals surface area contributed by atoms with E-state index in [2.05, 4.69) is 11.9 Å². The second-order valence-corrected chi connectivity index (χ2v) is 3.27. The van der Waals surface area contributed by atoms with Gasteiger partial charge < -0.3 is 10.4 Å². The molecule has 0 spiro atoms. The Labute approximate surface area is 89.4 Å². The largest absolute Gasteiger partial charge is 0.508 e. The lowest BCUT2D eigenvalue weighted by atomic mass is 10.0. The second kappa shape index (κ2) is 4.64. The lowest BCUT2D eigenvalue weighted by molar-refractivity contribution is -0.114. The third kappa shape index (κ3) is 2.37. The molecule has 1 rings (SSSR count). The fourth-order valence-electron chi connectivity index (χ4n) is 1.51. The number of carbonyl (C=O) groups is 1. The van der Waals surface area contributed by atoms with Crippen molar-refractivity contribution in [2.75, 3.05) is 5.32 Å². The van der Waals surface area contributed by atoms with Crippen molar-refractivity contribution in [3.05, 3.63) is 29.8 Å². The molecule has 0 aliphatic rings. The van der Waals surface area contributed by atoms with Gasteiger partial charge in [0.05, 0.1) is 5.69 Å². The smallest absolute Gasteiger partial charge is 0.221 e. The molecule has 15 heavy (non-hydrogen) atoms. The fourth-order valence-corrected chi connectivity index (χ4v) is 1.51. The number of phenols is 1. The number of hydrogen-bond donors (Lipinski definition) is 2. The predicted molar refractivity (Wildman–Crippen MR) is 61.9 cm³/mol. The van der Waals surface area contributed by atoms with E-state index >= 15 is 0 Å². The number of nitrogens with one attached hydrogen (secondary N) is 1. The van der Waals surface area contributed by atoms with Gasteiger partial charge in [0.15, 0.2) is 0 Å². The molecule has 0 heterocycles. The van der Waals surface area contributed by atoms with Gasteiger partial charge in [0.2, 0.25) is 5.91 Å². The molecule has 0 fully saturated rings. The first-order chi connectivity index (χ1) is 7.10. The van der Waals surface area contributed by atoms with Gasteiger partial charge in [-0.05, 0) is 24.1 Å². The molecule has 0 aromatic heterocycles. The Hall–Kier alpha value is -1.77. The fraction of sp³-hybridized carbons (Fsp3) is 0.250. The average Bonchev–Trinajstić information content (AvgIpc) is 2.18.